The fourth-order valence-corrected chi connectivity index (χ4v) is 2.17. The van der Waals surface area contributed by atoms with E-state index in [0.29, 0.717) is 17.1 Å². The van der Waals surface area contributed by atoms with Crippen molar-refractivity contribution in [2.24, 2.45) is 0 Å². The average Bonchev–Trinajstić information content (AvgIpc) is 2.49. The van der Waals surface area contributed by atoms with E-state index in [-0.39, 0.29) is 18.4 Å². The molecule has 2 rings (SSSR count). The molecule has 2 aromatic rings. The molecule has 0 aromatic heterocycles. The van der Waals surface area contributed by atoms with Gasteiger partial charge in [0.2, 0.25) is 5.91 Å². The lowest BCUT2D eigenvalue weighted by Gasteiger charge is -2.11. The number of rotatable bonds is 5. The predicted molar refractivity (Wildman–Crippen MR) is 93.7 cm³/mol. The topological polar surface area (TPSA) is 67.4 Å². The van der Waals surface area contributed by atoms with Crippen molar-refractivity contribution >= 4 is 39.1 Å². The first-order chi connectivity index (χ1) is 10.9. The lowest BCUT2D eigenvalue weighted by Crippen LogP contribution is -2.20. The zero-order valence-electron chi connectivity index (χ0n) is 12.9. The zero-order chi connectivity index (χ0) is 16.8. The molecule has 0 bridgehead atoms. The van der Waals surface area contributed by atoms with Gasteiger partial charge in [0.1, 0.15) is 5.75 Å². The highest BCUT2D eigenvalue weighted by Gasteiger charge is 2.07. The van der Waals surface area contributed by atoms with Gasteiger partial charge in [-0.05, 0) is 48.9 Å². The van der Waals surface area contributed by atoms with Gasteiger partial charge in [-0.2, -0.15) is 0 Å². The van der Waals surface area contributed by atoms with Crippen LogP contribution in [-0.2, 0) is 9.59 Å². The first kappa shape index (κ1) is 17.0. The summed E-state index contributed by atoms with van der Waals surface area (Å²) in [5.74, 6) is 0.188. The van der Waals surface area contributed by atoms with E-state index in [4.69, 9.17) is 4.74 Å². The molecule has 6 heteroatoms. The summed E-state index contributed by atoms with van der Waals surface area (Å²) in [6.45, 7) is 3.22. The maximum Gasteiger partial charge on any atom is 0.262 e. The van der Waals surface area contributed by atoms with Crippen molar-refractivity contribution in [3.05, 3.63) is 52.5 Å². The van der Waals surface area contributed by atoms with Gasteiger partial charge in [-0.1, -0.05) is 22.0 Å². The highest BCUT2D eigenvalue weighted by atomic mass is 79.9. The summed E-state index contributed by atoms with van der Waals surface area (Å²) >= 11 is 3.34. The molecular formula is C17H17BrN2O3. The molecule has 0 saturated heterocycles. The maximum atomic E-state index is 12.0. The van der Waals surface area contributed by atoms with E-state index >= 15 is 0 Å². The van der Waals surface area contributed by atoms with Crippen molar-refractivity contribution in [3.63, 3.8) is 0 Å². The van der Waals surface area contributed by atoms with E-state index in [9.17, 15) is 9.59 Å². The summed E-state index contributed by atoms with van der Waals surface area (Å²) in [7, 11) is 0. The standard InChI is InChI=1S/C17H17BrN2O3/c1-11-3-6-14(19-12(2)21)9-16(11)20-17(22)10-23-15-7-4-13(18)5-8-15/h3-9H,10H2,1-2H3,(H,19,21)(H,20,22). The van der Waals surface area contributed by atoms with Crippen LogP contribution in [0.3, 0.4) is 0 Å². The summed E-state index contributed by atoms with van der Waals surface area (Å²) in [4.78, 5) is 23.1. The van der Waals surface area contributed by atoms with Crippen molar-refractivity contribution in [2.75, 3.05) is 17.2 Å². The van der Waals surface area contributed by atoms with Crippen LogP contribution >= 0.6 is 15.9 Å². The van der Waals surface area contributed by atoms with Crippen LogP contribution in [0.5, 0.6) is 5.75 Å². The fourth-order valence-electron chi connectivity index (χ4n) is 1.90. The molecule has 0 atom stereocenters. The maximum absolute atomic E-state index is 12.0. The molecule has 0 aliphatic rings. The van der Waals surface area contributed by atoms with E-state index in [1.807, 2.05) is 25.1 Å². The smallest absolute Gasteiger partial charge is 0.262 e. The SMILES string of the molecule is CC(=O)Nc1ccc(C)c(NC(=O)COc2ccc(Br)cc2)c1. The number of amides is 2. The Morgan fingerprint density at radius 2 is 1.78 bits per heavy atom. The van der Waals surface area contributed by atoms with Gasteiger partial charge >= 0.3 is 0 Å². The van der Waals surface area contributed by atoms with Crippen LogP contribution in [0.25, 0.3) is 0 Å². The number of nitrogens with one attached hydrogen (secondary N) is 2. The number of aryl methyl sites for hydroxylation is 1. The van der Waals surface area contributed by atoms with Gasteiger partial charge in [0, 0.05) is 22.8 Å². The van der Waals surface area contributed by atoms with Crippen LogP contribution in [0.4, 0.5) is 11.4 Å². The molecule has 0 radical (unpaired) electrons. The molecule has 120 valence electrons. The Bertz CT molecular complexity index is 714. The Hall–Kier alpha value is -2.34. The molecule has 5 nitrogen and oxygen atoms in total. The zero-order valence-corrected chi connectivity index (χ0v) is 14.4. The van der Waals surface area contributed by atoms with Crippen molar-refractivity contribution in [1.29, 1.82) is 0 Å². The van der Waals surface area contributed by atoms with Crippen LogP contribution in [0.1, 0.15) is 12.5 Å². The Morgan fingerprint density at radius 1 is 1.09 bits per heavy atom. The van der Waals surface area contributed by atoms with Gasteiger partial charge in [-0.25, -0.2) is 0 Å². The van der Waals surface area contributed by atoms with Gasteiger partial charge in [0.05, 0.1) is 0 Å². The molecule has 2 amide bonds. The van der Waals surface area contributed by atoms with E-state index in [2.05, 4.69) is 26.6 Å². The van der Waals surface area contributed by atoms with Crippen molar-refractivity contribution in [3.8, 4) is 5.75 Å². The first-order valence-corrected chi connectivity index (χ1v) is 7.80. The summed E-state index contributed by atoms with van der Waals surface area (Å²) in [5, 5.41) is 5.46. The Balaban J connectivity index is 1.96. The highest BCUT2D eigenvalue weighted by Crippen LogP contribution is 2.20. The predicted octanol–water partition coefficient (Wildman–Crippen LogP) is 3.73. The normalized spacial score (nSPS) is 10.0. The van der Waals surface area contributed by atoms with Crippen LogP contribution < -0.4 is 15.4 Å². The minimum absolute atomic E-state index is 0.0918. The fraction of sp³-hybridized carbons (Fsp3) is 0.176. The van der Waals surface area contributed by atoms with Crippen LogP contribution in [0.15, 0.2) is 46.9 Å². The average molecular weight is 377 g/mol. The highest BCUT2D eigenvalue weighted by molar-refractivity contribution is 9.10. The number of carbonyl (C=O) groups is 2. The minimum atomic E-state index is -0.268. The van der Waals surface area contributed by atoms with Crippen LogP contribution in [0, 0.1) is 6.92 Å². The molecule has 2 aromatic carbocycles. The van der Waals surface area contributed by atoms with Gasteiger partial charge in [-0.15, -0.1) is 0 Å². The van der Waals surface area contributed by atoms with E-state index in [0.717, 1.165) is 10.0 Å². The molecule has 0 unspecified atom stereocenters. The number of ether oxygens (including phenoxy) is 1. The second-order valence-corrected chi connectivity index (χ2v) is 5.92. The molecule has 2 N–H and O–H groups in total. The lowest BCUT2D eigenvalue weighted by atomic mass is 10.1. The van der Waals surface area contributed by atoms with Gasteiger partial charge in [0.25, 0.3) is 5.91 Å². The molecular weight excluding hydrogens is 360 g/mol. The van der Waals surface area contributed by atoms with Crippen molar-refractivity contribution in [2.45, 2.75) is 13.8 Å². The molecule has 23 heavy (non-hydrogen) atoms. The molecule has 0 aliphatic heterocycles. The number of anilines is 2. The number of carbonyl (C=O) groups excluding carboxylic acids is 2. The van der Waals surface area contributed by atoms with E-state index in [1.165, 1.54) is 6.92 Å². The minimum Gasteiger partial charge on any atom is -0.484 e. The number of hydrogen-bond acceptors (Lipinski definition) is 3. The van der Waals surface area contributed by atoms with Gasteiger partial charge < -0.3 is 15.4 Å². The molecule has 0 fully saturated rings. The third-order valence-electron chi connectivity index (χ3n) is 3.02. The number of halogens is 1. The molecule has 0 aliphatic carbocycles. The second kappa shape index (κ2) is 7.78. The summed E-state index contributed by atoms with van der Waals surface area (Å²) in [6.07, 6.45) is 0. The molecule has 0 heterocycles. The second-order valence-electron chi connectivity index (χ2n) is 5.00. The van der Waals surface area contributed by atoms with Crippen molar-refractivity contribution < 1.29 is 14.3 Å². The number of hydrogen-bond donors (Lipinski definition) is 2. The Morgan fingerprint density at radius 3 is 2.43 bits per heavy atom. The van der Waals surface area contributed by atoms with E-state index < -0.39 is 0 Å². The first-order valence-electron chi connectivity index (χ1n) is 7.00. The largest absolute Gasteiger partial charge is 0.484 e. The Labute approximate surface area is 143 Å². The summed E-state index contributed by atoms with van der Waals surface area (Å²) in [5.41, 5.74) is 2.17. The summed E-state index contributed by atoms with van der Waals surface area (Å²) < 4.78 is 6.37. The summed E-state index contributed by atoms with van der Waals surface area (Å²) in [6, 6.07) is 12.6. The monoisotopic (exact) mass is 376 g/mol. The van der Waals surface area contributed by atoms with Crippen LogP contribution in [0.2, 0.25) is 0 Å². The molecule has 0 saturated carbocycles. The molecule has 0 spiro atoms. The van der Waals surface area contributed by atoms with Gasteiger partial charge in [0.15, 0.2) is 6.61 Å². The Kier molecular flexibility index (Phi) is 5.76. The lowest BCUT2D eigenvalue weighted by molar-refractivity contribution is -0.118. The quantitative estimate of drug-likeness (QED) is 0.835. The third-order valence-corrected chi connectivity index (χ3v) is 3.54. The van der Waals surface area contributed by atoms with E-state index in [1.54, 1.807) is 24.3 Å². The third kappa shape index (κ3) is 5.41. The van der Waals surface area contributed by atoms with Crippen molar-refractivity contribution in [1.82, 2.24) is 0 Å². The van der Waals surface area contributed by atoms with Crippen LogP contribution in [-0.4, -0.2) is 18.4 Å². The van der Waals surface area contributed by atoms with Gasteiger partial charge in [-0.3, -0.25) is 9.59 Å². The number of benzene rings is 2.